The van der Waals surface area contributed by atoms with Gasteiger partial charge in [-0.3, -0.25) is 0 Å². The maximum atomic E-state index is 12.2. The molecule has 72 valence electrons. The lowest BCUT2D eigenvalue weighted by Gasteiger charge is -2.01. The Morgan fingerprint density at radius 1 is 1.00 bits per heavy atom. The van der Waals surface area contributed by atoms with Gasteiger partial charge in [0.1, 0.15) is 5.91 Å². The zero-order valence-electron chi connectivity index (χ0n) is 8.06. The Kier molecular flexibility index (Phi) is 9.73. The summed E-state index contributed by atoms with van der Waals surface area (Å²) in [6.07, 6.45) is 9.36. The van der Waals surface area contributed by atoms with Gasteiger partial charge in [0.2, 0.25) is 0 Å². The minimum Gasteiger partial charge on any atom is -0.242 e. The van der Waals surface area contributed by atoms with Crippen LogP contribution >= 0.6 is 9.24 Å². The van der Waals surface area contributed by atoms with E-state index >= 15 is 0 Å². The quantitative estimate of drug-likeness (QED) is 0.379. The van der Waals surface area contributed by atoms with Crippen LogP contribution in [-0.4, -0.2) is 5.91 Å². The first-order valence-electron chi connectivity index (χ1n) is 5.09. The molecule has 0 saturated carbocycles. The fraction of sp³-hybridized carbons (Fsp3) is 1.00. The largest absolute Gasteiger partial charge is 0.242 e. The van der Waals surface area contributed by atoms with Crippen LogP contribution < -0.4 is 0 Å². The number of alkyl halides is 1. The van der Waals surface area contributed by atoms with Crippen molar-refractivity contribution in [2.45, 2.75) is 64.2 Å². The van der Waals surface area contributed by atoms with E-state index in [1.165, 1.54) is 38.5 Å². The number of hydrogen-bond donors (Lipinski definition) is 0. The van der Waals surface area contributed by atoms with Crippen LogP contribution in [0.2, 0.25) is 0 Å². The first-order chi connectivity index (χ1) is 5.77. The molecule has 0 N–H and O–H groups in total. The predicted molar refractivity (Wildman–Crippen MR) is 54.4 cm³/mol. The summed E-state index contributed by atoms with van der Waals surface area (Å²) >= 11 is 0. The van der Waals surface area contributed by atoms with E-state index in [0.29, 0.717) is 6.42 Å². The second-order valence-electron chi connectivity index (χ2n) is 3.34. The average Bonchev–Trinajstić information content (AvgIpc) is 2.02. The molecule has 0 aliphatic carbocycles. The van der Waals surface area contributed by atoms with Crippen molar-refractivity contribution in [1.82, 2.24) is 0 Å². The molecule has 1 unspecified atom stereocenters. The number of hydrogen-bond acceptors (Lipinski definition) is 0. The fourth-order valence-corrected chi connectivity index (χ4v) is 1.45. The summed E-state index contributed by atoms with van der Waals surface area (Å²) in [7, 11) is 3.69. The van der Waals surface area contributed by atoms with Crippen molar-refractivity contribution < 1.29 is 4.39 Å². The normalized spacial score (nSPS) is 13.2. The molecule has 0 amide bonds. The first kappa shape index (κ1) is 12.4. The van der Waals surface area contributed by atoms with Gasteiger partial charge in [0.25, 0.3) is 0 Å². The Hall–Kier alpha value is 0.360. The molecule has 0 bridgehead atoms. The second-order valence-corrected chi connectivity index (χ2v) is 3.90. The van der Waals surface area contributed by atoms with Crippen molar-refractivity contribution in [3.05, 3.63) is 0 Å². The summed E-state index contributed by atoms with van der Waals surface area (Å²) in [5, 5.41) is 0. The highest BCUT2D eigenvalue weighted by atomic mass is 31.0. The molecule has 0 fully saturated rings. The lowest BCUT2D eigenvalue weighted by molar-refractivity contribution is 0.410. The highest BCUT2D eigenvalue weighted by Gasteiger charge is 1.97. The summed E-state index contributed by atoms with van der Waals surface area (Å²) in [5.41, 5.74) is 0. The van der Waals surface area contributed by atoms with E-state index in [9.17, 15) is 4.39 Å². The van der Waals surface area contributed by atoms with Crippen LogP contribution in [-0.2, 0) is 0 Å². The molecule has 0 rings (SSSR count). The van der Waals surface area contributed by atoms with Gasteiger partial charge in [-0.15, -0.1) is 0 Å². The molecule has 0 aromatic carbocycles. The molecule has 0 aliphatic rings. The third kappa shape index (κ3) is 10.4. The summed E-state index contributed by atoms with van der Waals surface area (Å²) in [6.45, 7) is 2.22. The van der Waals surface area contributed by atoms with E-state index in [-0.39, 0.29) is 0 Å². The molecule has 0 aromatic heterocycles. The van der Waals surface area contributed by atoms with Crippen LogP contribution in [0.15, 0.2) is 0 Å². The molecule has 0 nitrogen and oxygen atoms in total. The summed E-state index contributed by atoms with van der Waals surface area (Å²) in [5.74, 6) is -0.902. The predicted octanol–water partition coefficient (Wildman–Crippen LogP) is 4.83. The topological polar surface area (TPSA) is 0 Å². The molecular weight excluding hydrogens is 170 g/mol. The maximum absolute atomic E-state index is 12.2. The molecule has 0 saturated heterocycles. The van der Waals surface area contributed by atoms with Crippen molar-refractivity contribution in [2.24, 2.45) is 0 Å². The van der Waals surface area contributed by atoms with E-state index in [1.807, 2.05) is 0 Å². The van der Waals surface area contributed by atoms with Gasteiger partial charge in [0, 0.05) is 0 Å². The van der Waals surface area contributed by atoms with E-state index in [2.05, 4.69) is 16.2 Å². The van der Waals surface area contributed by atoms with Crippen LogP contribution in [0.25, 0.3) is 0 Å². The molecule has 0 aliphatic heterocycles. The van der Waals surface area contributed by atoms with Crippen LogP contribution in [0, 0.1) is 0 Å². The number of unbranched alkanes of at least 4 members (excludes halogenated alkanes) is 6. The van der Waals surface area contributed by atoms with Crippen LogP contribution in [0.4, 0.5) is 4.39 Å². The van der Waals surface area contributed by atoms with Crippen molar-refractivity contribution in [1.29, 1.82) is 0 Å². The molecule has 0 heterocycles. The van der Waals surface area contributed by atoms with Crippen LogP contribution in [0.3, 0.4) is 0 Å². The highest BCUT2D eigenvalue weighted by Crippen LogP contribution is 2.13. The van der Waals surface area contributed by atoms with E-state index in [1.54, 1.807) is 0 Å². The standard InChI is InChI=1S/C10H20FP/c1-2-3-4-5-6-7-8-9-10(11)12/h10H,2-9H2,1H3. The Morgan fingerprint density at radius 3 is 2.00 bits per heavy atom. The lowest BCUT2D eigenvalue weighted by Crippen LogP contribution is -1.87. The monoisotopic (exact) mass is 190 g/mol. The molecule has 12 heavy (non-hydrogen) atoms. The van der Waals surface area contributed by atoms with E-state index < -0.39 is 5.91 Å². The van der Waals surface area contributed by atoms with Crippen molar-refractivity contribution >= 4 is 9.24 Å². The third-order valence-electron chi connectivity index (χ3n) is 2.05. The number of halogens is 1. The van der Waals surface area contributed by atoms with Crippen LogP contribution in [0.1, 0.15) is 58.3 Å². The third-order valence-corrected chi connectivity index (χ3v) is 2.30. The lowest BCUT2D eigenvalue weighted by atomic mass is 10.1. The Labute approximate surface area is 78.5 Å². The van der Waals surface area contributed by atoms with Crippen molar-refractivity contribution in [3.63, 3.8) is 0 Å². The average molecular weight is 190 g/mol. The van der Waals surface area contributed by atoms with Crippen molar-refractivity contribution in [3.8, 4) is 0 Å². The van der Waals surface area contributed by atoms with Gasteiger partial charge in [-0.1, -0.05) is 51.9 Å². The molecular formula is C10H20FP. The zero-order chi connectivity index (χ0) is 9.23. The minimum atomic E-state index is -0.902. The SMILES string of the molecule is CCCCCCCCCC(F)[P]. The molecule has 2 radical (unpaired) electrons. The molecule has 2 heteroatoms. The van der Waals surface area contributed by atoms with Gasteiger partial charge in [0.05, 0.1) is 0 Å². The zero-order valence-corrected chi connectivity index (χ0v) is 8.95. The molecule has 1 atom stereocenters. The van der Waals surface area contributed by atoms with Gasteiger partial charge < -0.3 is 0 Å². The maximum Gasteiger partial charge on any atom is 0.128 e. The summed E-state index contributed by atoms with van der Waals surface area (Å²) in [4.78, 5) is 0. The van der Waals surface area contributed by atoms with Gasteiger partial charge >= 0.3 is 0 Å². The van der Waals surface area contributed by atoms with E-state index in [0.717, 1.165) is 6.42 Å². The smallest absolute Gasteiger partial charge is 0.128 e. The highest BCUT2D eigenvalue weighted by molar-refractivity contribution is 7.17. The first-order valence-corrected chi connectivity index (χ1v) is 5.61. The Balaban J connectivity index is 2.82. The Morgan fingerprint density at radius 2 is 1.50 bits per heavy atom. The molecule has 0 spiro atoms. The van der Waals surface area contributed by atoms with Crippen LogP contribution in [0.5, 0.6) is 0 Å². The van der Waals surface area contributed by atoms with Gasteiger partial charge in [-0.05, 0) is 15.7 Å². The Bertz CT molecular complexity index is 83.9. The fourth-order valence-electron chi connectivity index (χ4n) is 1.27. The van der Waals surface area contributed by atoms with Crippen molar-refractivity contribution in [2.75, 3.05) is 0 Å². The number of rotatable bonds is 8. The second kappa shape index (κ2) is 9.45. The van der Waals surface area contributed by atoms with E-state index in [4.69, 9.17) is 0 Å². The molecule has 0 aromatic rings. The summed E-state index contributed by atoms with van der Waals surface area (Å²) < 4.78 is 12.2. The summed E-state index contributed by atoms with van der Waals surface area (Å²) in [6, 6.07) is 0. The van der Waals surface area contributed by atoms with Gasteiger partial charge in [0.15, 0.2) is 0 Å². The minimum absolute atomic E-state index is 0.622. The van der Waals surface area contributed by atoms with Gasteiger partial charge in [-0.2, -0.15) is 0 Å². The van der Waals surface area contributed by atoms with Gasteiger partial charge in [-0.25, -0.2) is 4.39 Å².